The molecule has 1 N–H and O–H groups in total. The summed E-state index contributed by atoms with van der Waals surface area (Å²) < 4.78 is 0. The van der Waals surface area contributed by atoms with Gasteiger partial charge in [0.25, 0.3) is 0 Å². The van der Waals surface area contributed by atoms with Crippen molar-refractivity contribution in [2.24, 2.45) is 15.7 Å². The van der Waals surface area contributed by atoms with E-state index in [0.29, 0.717) is 6.42 Å². The molecule has 0 radical (unpaired) electrons. The molecule has 1 saturated carbocycles. The second kappa shape index (κ2) is 2.97. The van der Waals surface area contributed by atoms with E-state index in [1.54, 1.807) is 6.21 Å². The van der Waals surface area contributed by atoms with Crippen LogP contribution in [-0.4, -0.2) is 22.7 Å². The molecule has 1 heterocycles. The monoisotopic (exact) mass is 196 g/mol. The van der Waals surface area contributed by atoms with Crippen LogP contribution in [0.5, 0.6) is 0 Å². The minimum atomic E-state index is -0.233. The fraction of sp³-hybridized carbons (Fsp3) is 0.800. The van der Waals surface area contributed by atoms with Crippen LogP contribution < -0.4 is 0 Å². The quantitative estimate of drug-likeness (QED) is 0.477. The van der Waals surface area contributed by atoms with Crippen LogP contribution in [0.3, 0.4) is 0 Å². The third-order valence-corrected chi connectivity index (χ3v) is 2.94. The van der Waals surface area contributed by atoms with E-state index in [1.807, 2.05) is 0 Å². The van der Waals surface area contributed by atoms with E-state index in [1.165, 1.54) is 0 Å². The second-order valence-corrected chi connectivity index (χ2v) is 5.13. The van der Waals surface area contributed by atoms with Gasteiger partial charge in [-0.05, 0) is 18.3 Å². The highest BCUT2D eigenvalue weighted by molar-refractivity contribution is 5.87. The van der Waals surface area contributed by atoms with Crippen molar-refractivity contribution in [3.8, 4) is 0 Å². The lowest BCUT2D eigenvalue weighted by atomic mass is 9.68. The first-order valence-electron chi connectivity index (χ1n) is 4.95. The van der Waals surface area contributed by atoms with E-state index in [9.17, 15) is 0 Å². The molecule has 0 saturated heterocycles. The molecule has 4 nitrogen and oxygen atoms in total. The van der Waals surface area contributed by atoms with E-state index >= 15 is 0 Å². The maximum Gasteiger partial charge on any atom is 0.148 e. The predicted octanol–water partition coefficient (Wildman–Crippen LogP) is 2.17. The molecular formula is C10H16N2O2. The number of oxime groups is 2. The van der Waals surface area contributed by atoms with Crippen LogP contribution in [0.4, 0.5) is 0 Å². The highest BCUT2D eigenvalue weighted by Gasteiger charge is 2.46. The van der Waals surface area contributed by atoms with E-state index < -0.39 is 0 Å². The van der Waals surface area contributed by atoms with Gasteiger partial charge in [-0.1, -0.05) is 24.2 Å². The molecule has 0 aromatic rings. The topological polar surface area (TPSA) is 54.2 Å². The van der Waals surface area contributed by atoms with Crippen LogP contribution in [0.15, 0.2) is 10.3 Å². The average molecular weight is 196 g/mol. The van der Waals surface area contributed by atoms with Gasteiger partial charge in [0.05, 0.1) is 5.71 Å². The lowest BCUT2D eigenvalue weighted by molar-refractivity contribution is -0.0516. The van der Waals surface area contributed by atoms with Crippen molar-refractivity contribution in [1.82, 2.24) is 0 Å². The van der Waals surface area contributed by atoms with Gasteiger partial charge in [-0.3, -0.25) is 0 Å². The van der Waals surface area contributed by atoms with Crippen molar-refractivity contribution in [2.45, 2.75) is 45.1 Å². The molecule has 1 atom stereocenters. The summed E-state index contributed by atoms with van der Waals surface area (Å²) in [6.45, 7) is 4.33. The Balaban J connectivity index is 2.21. The van der Waals surface area contributed by atoms with Gasteiger partial charge in [0, 0.05) is 19.1 Å². The zero-order chi connectivity index (χ0) is 10.2. The molecule has 0 aromatic heterocycles. The first-order valence-corrected chi connectivity index (χ1v) is 4.95. The van der Waals surface area contributed by atoms with Gasteiger partial charge in [-0.25, -0.2) is 0 Å². The summed E-state index contributed by atoms with van der Waals surface area (Å²) in [5.74, 6) is 0. The van der Waals surface area contributed by atoms with Crippen LogP contribution in [0.25, 0.3) is 0 Å². The summed E-state index contributed by atoms with van der Waals surface area (Å²) in [6, 6.07) is 0. The Hall–Kier alpha value is -1.06. The first kappa shape index (κ1) is 9.49. The predicted molar refractivity (Wildman–Crippen MR) is 53.8 cm³/mol. The molecule has 14 heavy (non-hydrogen) atoms. The van der Waals surface area contributed by atoms with Crippen molar-refractivity contribution in [3.63, 3.8) is 0 Å². The van der Waals surface area contributed by atoms with Crippen molar-refractivity contribution >= 4 is 11.9 Å². The molecule has 2 rings (SSSR count). The smallest absolute Gasteiger partial charge is 0.148 e. The lowest BCUT2D eigenvalue weighted by Crippen LogP contribution is -2.42. The van der Waals surface area contributed by atoms with E-state index in [4.69, 9.17) is 10.0 Å². The Morgan fingerprint density at radius 2 is 2.29 bits per heavy atom. The van der Waals surface area contributed by atoms with Gasteiger partial charge in [0.2, 0.25) is 0 Å². The summed E-state index contributed by atoms with van der Waals surface area (Å²) in [5.41, 5.74) is 0.725. The first-order chi connectivity index (χ1) is 6.55. The van der Waals surface area contributed by atoms with Crippen molar-refractivity contribution in [3.05, 3.63) is 0 Å². The van der Waals surface area contributed by atoms with Crippen molar-refractivity contribution in [2.75, 3.05) is 0 Å². The molecule has 1 fully saturated rings. The fourth-order valence-corrected chi connectivity index (χ4v) is 2.65. The zero-order valence-electron chi connectivity index (χ0n) is 8.66. The Morgan fingerprint density at radius 3 is 2.86 bits per heavy atom. The van der Waals surface area contributed by atoms with Gasteiger partial charge < -0.3 is 10.0 Å². The molecular weight excluding hydrogens is 180 g/mol. The third kappa shape index (κ3) is 1.61. The fourth-order valence-electron chi connectivity index (χ4n) is 2.65. The minimum absolute atomic E-state index is 0.132. The molecule has 0 amide bonds. The molecule has 1 aliphatic carbocycles. The molecule has 0 aromatic carbocycles. The van der Waals surface area contributed by atoms with Crippen molar-refractivity contribution < 1.29 is 10.0 Å². The Kier molecular flexibility index (Phi) is 2.01. The van der Waals surface area contributed by atoms with Gasteiger partial charge in [-0.15, -0.1) is 0 Å². The van der Waals surface area contributed by atoms with Gasteiger partial charge in [-0.2, -0.15) is 0 Å². The standard InChI is InChI=1S/C10H16N2O2/c1-9(2)5-8(12-13)6-10(7-9)3-4-11-14-10/h4,13H,3,5-7H2,1-2H3/t10-/m0/s1. The summed E-state index contributed by atoms with van der Waals surface area (Å²) in [7, 11) is 0. The molecule has 0 unspecified atom stereocenters. The molecule has 0 bridgehead atoms. The molecule has 78 valence electrons. The Labute approximate surface area is 83.6 Å². The third-order valence-electron chi connectivity index (χ3n) is 2.94. The zero-order valence-corrected chi connectivity index (χ0v) is 8.66. The Bertz CT molecular complexity index is 286. The van der Waals surface area contributed by atoms with Crippen LogP contribution in [0.2, 0.25) is 0 Å². The summed E-state index contributed by atoms with van der Waals surface area (Å²) in [5, 5.41) is 16.0. The normalized spacial score (nSPS) is 37.7. The number of hydrogen-bond donors (Lipinski definition) is 1. The van der Waals surface area contributed by atoms with Gasteiger partial charge in [0.1, 0.15) is 5.60 Å². The van der Waals surface area contributed by atoms with Crippen molar-refractivity contribution in [1.29, 1.82) is 0 Å². The van der Waals surface area contributed by atoms with Gasteiger partial charge >= 0.3 is 0 Å². The molecule has 4 heteroatoms. The van der Waals surface area contributed by atoms with E-state index in [2.05, 4.69) is 24.2 Å². The summed E-state index contributed by atoms with van der Waals surface area (Å²) in [4.78, 5) is 5.43. The molecule has 1 aliphatic heterocycles. The Morgan fingerprint density at radius 1 is 1.50 bits per heavy atom. The van der Waals surface area contributed by atoms with Crippen LogP contribution in [0.1, 0.15) is 39.5 Å². The largest absolute Gasteiger partial charge is 0.411 e. The number of nitrogens with zero attached hydrogens (tertiary/aromatic N) is 2. The van der Waals surface area contributed by atoms with Crippen LogP contribution in [0, 0.1) is 5.41 Å². The second-order valence-electron chi connectivity index (χ2n) is 5.13. The maximum absolute atomic E-state index is 8.86. The lowest BCUT2D eigenvalue weighted by Gasteiger charge is -2.40. The number of rotatable bonds is 0. The average Bonchev–Trinajstić information content (AvgIpc) is 2.49. The minimum Gasteiger partial charge on any atom is -0.411 e. The highest BCUT2D eigenvalue weighted by Crippen LogP contribution is 2.44. The maximum atomic E-state index is 8.86. The summed E-state index contributed by atoms with van der Waals surface area (Å²) >= 11 is 0. The van der Waals surface area contributed by atoms with Crippen LogP contribution in [-0.2, 0) is 4.84 Å². The summed E-state index contributed by atoms with van der Waals surface area (Å²) in [6.07, 6.45) is 5.15. The van der Waals surface area contributed by atoms with Gasteiger partial charge in [0.15, 0.2) is 0 Å². The van der Waals surface area contributed by atoms with Crippen LogP contribution >= 0.6 is 0 Å². The molecule has 2 aliphatic rings. The van der Waals surface area contributed by atoms with E-state index in [0.717, 1.165) is 25.0 Å². The van der Waals surface area contributed by atoms with E-state index in [-0.39, 0.29) is 11.0 Å². The SMILES string of the molecule is CC1(C)CC(=NO)C[C@@]2(CC=NO2)C1. The molecule has 1 spiro atoms. The number of hydrogen-bond acceptors (Lipinski definition) is 4. The highest BCUT2D eigenvalue weighted by atomic mass is 16.7.